The summed E-state index contributed by atoms with van der Waals surface area (Å²) in [4.78, 5) is 35.6. The molecule has 0 bridgehead atoms. The molecule has 11 heteroatoms. The summed E-state index contributed by atoms with van der Waals surface area (Å²) in [5, 5.41) is 9.87. The number of methoxy groups -OCH3 is 1. The van der Waals surface area contributed by atoms with Gasteiger partial charge >= 0.3 is 12.1 Å². The number of aromatic nitrogens is 3. The van der Waals surface area contributed by atoms with Gasteiger partial charge in [-0.05, 0) is 18.2 Å². The second-order valence-corrected chi connectivity index (χ2v) is 5.73. The first-order chi connectivity index (χ1) is 12.9. The van der Waals surface area contributed by atoms with Gasteiger partial charge in [0, 0.05) is 6.92 Å². The van der Waals surface area contributed by atoms with E-state index in [4.69, 9.17) is 4.74 Å². The Kier molecular flexibility index (Phi) is 5.01. The van der Waals surface area contributed by atoms with E-state index in [0.29, 0.717) is 5.69 Å². The van der Waals surface area contributed by atoms with E-state index < -0.39 is 24.0 Å². The zero-order valence-corrected chi connectivity index (χ0v) is 14.5. The van der Waals surface area contributed by atoms with Gasteiger partial charge in [0.2, 0.25) is 5.91 Å². The number of carbonyl (C=O) groups is 3. The topological polar surface area (TPSA) is 116 Å². The van der Waals surface area contributed by atoms with Crippen LogP contribution in [0.1, 0.15) is 17.4 Å². The molecule has 2 heterocycles. The number of esters is 1. The molecule has 0 spiro atoms. The van der Waals surface area contributed by atoms with Crippen molar-refractivity contribution in [3.05, 3.63) is 35.9 Å². The molecule has 1 atom stereocenters. The van der Waals surface area contributed by atoms with Gasteiger partial charge in [0.1, 0.15) is 11.8 Å². The van der Waals surface area contributed by atoms with E-state index in [2.05, 4.69) is 20.4 Å². The Labute approximate surface area is 152 Å². The van der Waals surface area contributed by atoms with Gasteiger partial charge in [0.25, 0.3) is 0 Å². The molecule has 1 aliphatic heterocycles. The number of rotatable bonds is 5. The molecule has 0 unspecified atom stereocenters. The second-order valence-electron chi connectivity index (χ2n) is 5.73. The first-order valence-electron chi connectivity index (χ1n) is 7.92. The van der Waals surface area contributed by atoms with Crippen LogP contribution in [-0.4, -0.2) is 59.3 Å². The first-order valence-corrected chi connectivity index (χ1v) is 7.92. The summed E-state index contributed by atoms with van der Waals surface area (Å²) in [5.74, 6) is -1.60. The molecular weight excluding hydrogens is 361 g/mol. The number of benzene rings is 1. The lowest BCUT2D eigenvalue weighted by atomic mass is 10.2. The van der Waals surface area contributed by atoms with Crippen LogP contribution in [0.3, 0.4) is 0 Å². The van der Waals surface area contributed by atoms with Gasteiger partial charge in [-0.3, -0.25) is 9.69 Å². The number of amides is 2. The largest absolute Gasteiger partial charge is 0.464 e. The van der Waals surface area contributed by atoms with Gasteiger partial charge in [-0.15, -0.1) is 5.10 Å². The van der Waals surface area contributed by atoms with Gasteiger partial charge in [0.15, 0.2) is 11.5 Å². The predicted molar refractivity (Wildman–Crippen MR) is 89.0 cm³/mol. The fraction of sp³-hybridized carbons (Fsp3) is 0.312. The summed E-state index contributed by atoms with van der Waals surface area (Å²) in [6, 6.07) is 4.06. The molecule has 1 aromatic heterocycles. The van der Waals surface area contributed by atoms with Crippen LogP contribution in [0.25, 0.3) is 5.69 Å². The minimum absolute atomic E-state index is 0.0452. The number of nitrogens with zero attached hydrogens (tertiary/aromatic N) is 4. The monoisotopic (exact) mass is 377 g/mol. The van der Waals surface area contributed by atoms with E-state index in [1.165, 1.54) is 37.3 Å². The molecule has 1 N–H and O–H groups in total. The van der Waals surface area contributed by atoms with Crippen LogP contribution in [-0.2, 0) is 14.3 Å². The highest BCUT2D eigenvalue weighted by atomic mass is 19.1. The summed E-state index contributed by atoms with van der Waals surface area (Å²) in [5.41, 5.74) is 0.272. The minimum Gasteiger partial charge on any atom is -0.464 e. The number of hydrogen-bond acceptors (Lipinski definition) is 7. The maximum Gasteiger partial charge on any atom is 0.414 e. The average molecular weight is 377 g/mol. The van der Waals surface area contributed by atoms with Crippen molar-refractivity contribution in [2.24, 2.45) is 0 Å². The molecule has 0 saturated carbocycles. The van der Waals surface area contributed by atoms with Gasteiger partial charge in [-0.25, -0.2) is 18.7 Å². The molecule has 10 nitrogen and oxygen atoms in total. The van der Waals surface area contributed by atoms with Crippen molar-refractivity contribution in [2.75, 3.05) is 25.1 Å². The number of ether oxygens (including phenoxy) is 2. The van der Waals surface area contributed by atoms with E-state index in [-0.39, 0.29) is 30.4 Å². The van der Waals surface area contributed by atoms with Gasteiger partial charge < -0.3 is 14.8 Å². The normalized spacial score (nSPS) is 16.2. The van der Waals surface area contributed by atoms with Crippen molar-refractivity contribution in [1.82, 2.24) is 20.3 Å². The summed E-state index contributed by atoms with van der Waals surface area (Å²) in [6.45, 7) is 1.71. The van der Waals surface area contributed by atoms with Crippen molar-refractivity contribution in [2.45, 2.75) is 13.0 Å². The fourth-order valence-corrected chi connectivity index (χ4v) is 2.53. The second kappa shape index (κ2) is 7.40. The molecule has 0 aliphatic carbocycles. The number of nitrogens with one attached hydrogen (secondary N) is 1. The summed E-state index contributed by atoms with van der Waals surface area (Å²) < 4.78 is 25.3. The molecule has 1 aromatic carbocycles. The lowest BCUT2D eigenvalue weighted by Crippen LogP contribution is -2.33. The Bertz CT molecular complexity index is 899. The molecule has 142 valence electrons. The van der Waals surface area contributed by atoms with Crippen LogP contribution < -0.4 is 10.2 Å². The number of halogens is 1. The maximum atomic E-state index is 14.5. The van der Waals surface area contributed by atoms with Crippen LogP contribution in [0.4, 0.5) is 14.9 Å². The van der Waals surface area contributed by atoms with Gasteiger partial charge in [-0.1, -0.05) is 5.21 Å². The average Bonchev–Trinajstić information content (AvgIpc) is 3.26. The fourth-order valence-electron chi connectivity index (χ4n) is 2.53. The summed E-state index contributed by atoms with van der Waals surface area (Å²) >= 11 is 0. The Morgan fingerprint density at radius 2 is 2.22 bits per heavy atom. The van der Waals surface area contributed by atoms with E-state index in [1.54, 1.807) is 0 Å². The van der Waals surface area contributed by atoms with E-state index in [1.807, 2.05) is 0 Å². The molecular formula is C16H16FN5O5. The number of anilines is 1. The van der Waals surface area contributed by atoms with Crippen molar-refractivity contribution in [3.63, 3.8) is 0 Å². The molecule has 27 heavy (non-hydrogen) atoms. The molecule has 0 radical (unpaired) electrons. The smallest absolute Gasteiger partial charge is 0.414 e. The number of hydrogen-bond donors (Lipinski definition) is 1. The molecule has 2 aromatic rings. The highest BCUT2D eigenvalue weighted by Crippen LogP contribution is 2.25. The standard InChI is InChI=1S/C16H16FN5O5/c1-9(23)18-6-11-7-21(16(25)27-11)10-3-4-14(12(17)5-10)22-8-13(19-20-22)15(24)26-2/h3-5,8,11H,6-7H2,1-2H3,(H,18,23)/t11-/m0/s1. The Morgan fingerprint density at radius 1 is 1.44 bits per heavy atom. The predicted octanol–water partition coefficient (Wildman–Crippen LogP) is 0.654. The van der Waals surface area contributed by atoms with Crippen LogP contribution in [0.5, 0.6) is 0 Å². The van der Waals surface area contributed by atoms with E-state index >= 15 is 0 Å². The minimum atomic E-state index is -0.691. The van der Waals surface area contributed by atoms with Crippen LogP contribution in [0, 0.1) is 5.82 Å². The summed E-state index contributed by atoms with van der Waals surface area (Å²) in [7, 11) is 1.20. The van der Waals surface area contributed by atoms with Gasteiger partial charge in [0.05, 0.1) is 32.1 Å². The quantitative estimate of drug-likeness (QED) is 0.761. The van der Waals surface area contributed by atoms with Crippen molar-refractivity contribution in [3.8, 4) is 5.69 Å². The molecule has 1 fully saturated rings. The lowest BCUT2D eigenvalue weighted by molar-refractivity contribution is -0.119. The number of cyclic esters (lactones) is 1. The Morgan fingerprint density at radius 3 is 2.89 bits per heavy atom. The SMILES string of the molecule is COC(=O)c1cn(-c2ccc(N3C[C@H](CNC(C)=O)OC3=O)cc2F)nn1. The van der Waals surface area contributed by atoms with Crippen LogP contribution >= 0.6 is 0 Å². The third-order valence-electron chi connectivity index (χ3n) is 3.83. The molecule has 3 rings (SSSR count). The zero-order chi connectivity index (χ0) is 19.6. The molecule has 1 saturated heterocycles. The van der Waals surface area contributed by atoms with E-state index in [9.17, 15) is 18.8 Å². The third-order valence-corrected chi connectivity index (χ3v) is 3.83. The highest BCUT2D eigenvalue weighted by Gasteiger charge is 2.32. The third kappa shape index (κ3) is 3.86. The number of carbonyl (C=O) groups excluding carboxylic acids is 3. The molecule has 1 aliphatic rings. The van der Waals surface area contributed by atoms with Crippen molar-refractivity contribution >= 4 is 23.7 Å². The zero-order valence-electron chi connectivity index (χ0n) is 14.5. The Balaban J connectivity index is 1.77. The van der Waals surface area contributed by atoms with Crippen LogP contribution in [0.2, 0.25) is 0 Å². The van der Waals surface area contributed by atoms with Gasteiger partial charge in [-0.2, -0.15) is 0 Å². The lowest BCUT2D eigenvalue weighted by Gasteiger charge is -2.14. The van der Waals surface area contributed by atoms with Crippen molar-refractivity contribution < 1.29 is 28.2 Å². The summed E-state index contributed by atoms with van der Waals surface area (Å²) in [6.07, 6.45) is 0.0747. The maximum absolute atomic E-state index is 14.5. The highest BCUT2D eigenvalue weighted by molar-refractivity contribution is 5.90. The van der Waals surface area contributed by atoms with Crippen molar-refractivity contribution in [1.29, 1.82) is 0 Å². The first kappa shape index (κ1) is 18.3. The Hall–Kier alpha value is -3.50. The molecule has 2 amide bonds. The van der Waals surface area contributed by atoms with E-state index in [0.717, 1.165) is 10.7 Å². The van der Waals surface area contributed by atoms with Crippen LogP contribution in [0.15, 0.2) is 24.4 Å².